The summed E-state index contributed by atoms with van der Waals surface area (Å²) in [6.45, 7) is 5.41. The molecule has 0 radical (unpaired) electrons. The van der Waals surface area contributed by atoms with Crippen molar-refractivity contribution in [3.63, 3.8) is 0 Å². The average Bonchev–Trinajstić information content (AvgIpc) is 2.67. The lowest BCUT2D eigenvalue weighted by molar-refractivity contribution is -0.0500. The Bertz CT molecular complexity index is 1130. The van der Waals surface area contributed by atoms with Crippen molar-refractivity contribution in [2.45, 2.75) is 31.7 Å². The molecule has 0 spiro atoms. The van der Waals surface area contributed by atoms with E-state index < -0.39 is 21.0 Å². The van der Waals surface area contributed by atoms with E-state index in [0.29, 0.717) is 11.1 Å². The molecule has 3 aromatic carbocycles. The quantitative estimate of drug-likeness (QED) is 0.346. The Morgan fingerprint density at radius 1 is 0.733 bits per heavy atom. The van der Waals surface area contributed by atoms with Crippen molar-refractivity contribution >= 4 is 10.1 Å². The second kappa shape index (κ2) is 7.80. The van der Waals surface area contributed by atoms with Gasteiger partial charge in [0.15, 0.2) is 0 Å². The third kappa shape index (κ3) is 4.36. The molecule has 0 atom stereocenters. The largest absolute Gasteiger partial charge is 0.534 e. The Labute approximate surface area is 174 Å². The highest BCUT2D eigenvalue weighted by Gasteiger charge is 2.49. The molecule has 3 aromatic rings. The Kier molecular flexibility index (Phi) is 5.69. The maximum Gasteiger partial charge on any atom is 0.534 e. The zero-order valence-corrected chi connectivity index (χ0v) is 17.5. The lowest BCUT2D eigenvalue weighted by atomic mass is 9.78. The number of halogens is 3. The third-order valence-electron chi connectivity index (χ3n) is 4.55. The second-order valence-electron chi connectivity index (χ2n) is 7.83. The molecule has 0 aliphatic rings. The van der Waals surface area contributed by atoms with E-state index >= 15 is 0 Å². The maximum atomic E-state index is 13.0. The predicted molar refractivity (Wildman–Crippen MR) is 112 cm³/mol. The van der Waals surface area contributed by atoms with Crippen LogP contribution < -0.4 is 4.18 Å². The molecule has 0 N–H and O–H groups in total. The van der Waals surface area contributed by atoms with E-state index in [1.54, 1.807) is 26.8 Å². The minimum atomic E-state index is -5.81. The fourth-order valence-electron chi connectivity index (χ4n) is 3.33. The van der Waals surface area contributed by atoms with Gasteiger partial charge in [-0.2, -0.15) is 21.6 Å². The Morgan fingerprint density at radius 2 is 1.23 bits per heavy atom. The molecule has 158 valence electrons. The highest BCUT2D eigenvalue weighted by molar-refractivity contribution is 7.88. The fraction of sp³-hybridized carbons (Fsp3) is 0.217. The summed E-state index contributed by atoms with van der Waals surface area (Å²) in [7, 11) is -5.81. The minimum Gasteiger partial charge on any atom is -0.376 e. The van der Waals surface area contributed by atoms with E-state index in [4.69, 9.17) is 0 Å². The predicted octanol–water partition coefficient (Wildman–Crippen LogP) is 6.55. The van der Waals surface area contributed by atoms with Crippen LogP contribution in [0.3, 0.4) is 0 Å². The molecule has 3 nitrogen and oxygen atoms in total. The highest BCUT2D eigenvalue weighted by atomic mass is 32.2. The first-order valence-corrected chi connectivity index (χ1v) is 10.6. The van der Waals surface area contributed by atoms with Crippen LogP contribution in [0, 0.1) is 0 Å². The molecule has 0 aromatic heterocycles. The van der Waals surface area contributed by atoms with Crippen molar-refractivity contribution in [3.8, 4) is 28.0 Å². The Balaban J connectivity index is 2.37. The molecule has 0 fully saturated rings. The van der Waals surface area contributed by atoms with Crippen molar-refractivity contribution < 1.29 is 25.8 Å². The summed E-state index contributed by atoms with van der Waals surface area (Å²) < 4.78 is 67.1. The number of hydrogen-bond donors (Lipinski definition) is 0. The molecule has 0 saturated carbocycles. The molecule has 0 aliphatic heterocycles. The fourth-order valence-corrected chi connectivity index (χ4v) is 3.80. The molecule has 3 rings (SSSR count). The summed E-state index contributed by atoms with van der Waals surface area (Å²) >= 11 is 0. The Morgan fingerprint density at radius 3 is 1.70 bits per heavy atom. The summed E-state index contributed by atoms with van der Waals surface area (Å²) in [4.78, 5) is 0. The van der Waals surface area contributed by atoms with Gasteiger partial charge < -0.3 is 4.18 Å². The SMILES string of the molecule is CC(C)(C)c1c(OS(=O)(=O)C(F)(F)F)ccc(-c2ccccc2)c1-c1ccccc1. The van der Waals surface area contributed by atoms with Gasteiger partial charge in [-0.3, -0.25) is 0 Å². The van der Waals surface area contributed by atoms with E-state index in [0.717, 1.165) is 16.7 Å². The molecular formula is C23H21F3O3S. The van der Waals surface area contributed by atoms with Crippen molar-refractivity contribution in [1.29, 1.82) is 0 Å². The van der Waals surface area contributed by atoms with Gasteiger partial charge in [-0.1, -0.05) is 81.4 Å². The van der Waals surface area contributed by atoms with Crippen LogP contribution in [-0.4, -0.2) is 13.9 Å². The molecule has 30 heavy (non-hydrogen) atoms. The van der Waals surface area contributed by atoms with E-state index in [9.17, 15) is 21.6 Å². The molecule has 0 heterocycles. The molecular weight excluding hydrogens is 413 g/mol. The van der Waals surface area contributed by atoms with E-state index in [1.807, 2.05) is 60.7 Å². The van der Waals surface area contributed by atoms with Gasteiger partial charge in [0.1, 0.15) is 5.75 Å². The third-order valence-corrected chi connectivity index (χ3v) is 5.51. The first kappa shape index (κ1) is 21.9. The molecule has 0 unspecified atom stereocenters. The second-order valence-corrected chi connectivity index (χ2v) is 9.36. The van der Waals surface area contributed by atoms with Gasteiger partial charge in [0, 0.05) is 5.56 Å². The van der Waals surface area contributed by atoms with Gasteiger partial charge in [-0.05, 0) is 39.8 Å². The highest BCUT2D eigenvalue weighted by Crippen LogP contribution is 2.46. The van der Waals surface area contributed by atoms with Crippen LogP contribution in [0.25, 0.3) is 22.3 Å². The monoisotopic (exact) mass is 434 g/mol. The number of rotatable bonds is 4. The normalized spacial score (nSPS) is 12.6. The van der Waals surface area contributed by atoms with Crippen LogP contribution in [0.4, 0.5) is 13.2 Å². The van der Waals surface area contributed by atoms with Crippen LogP contribution in [0.1, 0.15) is 26.3 Å². The summed E-state index contributed by atoms with van der Waals surface area (Å²) in [6.07, 6.45) is 0. The number of alkyl halides is 3. The van der Waals surface area contributed by atoms with Crippen LogP contribution in [-0.2, 0) is 15.5 Å². The lowest BCUT2D eigenvalue weighted by Crippen LogP contribution is -2.29. The summed E-state index contributed by atoms with van der Waals surface area (Å²) in [5, 5.41) is 0. The summed E-state index contributed by atoms with van der Waals surface area (Å²) in [5.74, 6) is -0.335. The van der Waals surface area contributed by atoms with Gasteiger partial charge in [-0.15, -0.1) is 0 Å². The van der Waals surface area contributed by atoms with Crippen molar-refractivity contribution in [3.05, 3.63) is 78.4 Å². The van der Waals surface area contributed by atoms with Crippen molar-refractivity contribution in [2.24, 2.45) is 0 Å². The Hall–Kier alpha value is -2.80. The molecule has 0 saturated heterocycles. The van der Waals surface area contributed by atoms with Crippen molar-refractivity contribution in [2.75, 3.05) is 0 Å². The summed E-state index contributed by atoms with van der Waals surface area (Å²) in [6, 6.07) is 21.4. The van der Waals surface area contributed by atoms with Gasteiger partial charge in [0.2, 0.25) is 0 Å². The minimum absolute atomic E-state index is 0.335. The zero-order chi connectivity index (χ0) is 22.2. The molecule has 0 bridgehead atoms. The van der Waals surface area contributed by atoms with Crippen LogP contribution in [0.15, 0.2) is 72.8 Å². The van der Waals surface area contributed by atoms with Gasteiger partial charge >= 0.3 is 15.6 Å². The van der Waals surface area contributed by atoms with Crippen molar-refractivity contribution in [1.82, 2.24) is 0 Å². The van der Waals surface area contributed by atoms with Gasteiger partial charge in [-0.25, -0.2) is 0 Å². The first-order chi connectivity index (χ1) is 13.9. The van der Waals surface area contributed by atoms with Gasteiger partial charge in [0.05, 0.1) is 0 Å². The first-order valence-electron chi connectivity index (χ1n) is 9.21. The summed E-state index contributed by atoms with van der Waals surface area (Å²) in [5.41, 5.74) is -2.86. The topological polar surface area (TPSA) is 43.4 Å². The average molecular weight is 434 g/mol. The van der Waals surface area contributed by atoms with E-state index in [-0.39, 0.29) is 5.75 Å². The van der Waals surface area contributed by atoms with Crippen LogP contribution in [0.5, 0.6) is 5.75 Å². The molecule has 0 aliphatic carbocycles. The standard InChI is InChI=1S/C23H21F3O3S/c1-22(2,3)21-19(29-30(27,28)23(24,25)26)15-14-18(16-10-6-4-7-11-16)20(21)17-12-8-5-9-13-17/h4-15H,1-3H3. The lowest BCUT2D eigenvalue weighted by Gasteiger charge is -2.28. The molecule has 7 heteroatoms. The van der Waals surface area contributed by atoms with E-state index in [1.165, 1.54) is 6.07 Å². The van der Waals surface area contributed by atoms with Crippen LogP contribution in [0.2, 0.25) is 0 Å². The number of benzene rings is 3. The van der Waals surface area contributed by atoms with E-state index in [2.05, 4.69) is 4.18 Å². The smallest absolute Gasteiger partial charge is 0.376 e. The number of hydrogen-bond acceptors (Lipinski definition) is 3. The molecule has 0 amide bonds. The zero-order valence-electron chi connectivity index (χ0n) is 16.7. The van der Waals surface area contributed by atoms with Crippen LogP contribution >= 0.6 is 0 Å². The maximum absolute atomic E-state index is 13.0. The van der Waals surface area contributed by atoms with Gasteiger partial charge in [0.25, 0.3) is 0 Å².